The van der Waals surface area contributed by atoms with Gasteiger partial charge in [-0.3, -0.25) is 14.5 Å². The van der Waals surface area contributed by atoms with Crippen molar-refractivity contribution in [2.45, 2.75) is 25.9 Å². The number of carbonyl (C=O) groups is 3. The molecule has 0 saturated carbocycles. The number of carbonyl (C=O) groups excluding carboxylic acids is 3. The van der Waals surface area contributed by atoms with Gasteiger partial charge in [-0.25, -0.2) is 9.78 Å². The van der Waals surface area contributed by atoms with Crippen LogP contribution >= 0.6 is 0 Å². The van der Waals surface area contributed by atoms with Gasteiger partial charge in [-0.15, -0.1) is 0 Å². The third-order valence-electron chi connectivity index (χ3n) is 4.58. The lowest BCUT2D eigenvalue weighted by molar-refractivity contribution is -0.131. The molecule has 4 amide bonds. The predicted octanol–water partition coefficient (Wildman–Crippen LogP) is 1.08. The second kappa shape index (κ2) is 6.99. The van der Waals surface area contributed by atoms with Gasteiger partial charge in [0.25, 0.3) is 5.91 Å². The molecular weight excluding hydrogens is 334 g/mol. The molecule has 8 nitrogen and oxygen atoms in total. The molecule has 1 N–H and O–H groups in total. The maximum atomic E-state index is 12.1. The van der Waals surface area contributed by atoms with E-state index in [2.05, 4.69) is 10.3 Å². The maximum absolute atomic E-state index is 12.1. The van der Waals surface area contributed by atoms with E-state index in [0.29, 0.717) is 6.54 Å². The van der Waals surface area contributed by atoms with Gasteiger partial charge in [0.15, 0.2) is 0 Å². The average molecular weight is 355 g/mol. The summed E-state index contributed by atoms with van der Waals surface area (Å²) >= 11 is 0. The van der Waals surface area contributed by atoms with Crippen molar-refractivity contribution in [3.63, 3.8) is 0 Å². The summed E-state index contributed by atoms with van der Waals surface area (Å²) in [5.41, 5.74) is 1.94. The van der Waals surface area contributed by atoms with Gasteiger partial charge in [0.05, 0.1) is 6.42 Å². The molecule has 1 fully saturated rings. The summed E-state index contributed by atoms with van der Waals surface area (Å²) in [6.07, 6.45) is 3.59. The summed E-state index contributed by atoms with van der Waals surface area (Å²) in [4.78, 5) is 42.4. The number of rotatable bonds is 5. The van der Waals surface area contributed by atoms with Crippen molar-refractivity contribution < 1.29 is 14.4 Å². The largest absolute Gasteiger partial charge is 0.352 e. The molecule has 1 aliphatic rings. The Morgan fingerprint density at radius 3 is 2.42 bits per heavy atom. The standard InChI is InChI=1S/C18H21N5O3/c1-12-19-8-9-23(12)14-6-4-13(5-7-14)11-20-16(24)10-15-17(25)22(3)18(26)21(15)2/h4-9,15H,10-11H2,1-3H3,(H,20,24)/t15-/m0/s1. The molecule has 1 aliphatic heterocycles. The summed E-state index contributed by atoms with van der Waals surface area (Å²) in [6.45, 7) is 2.29. The molecule has 2 aromatic rings. The van der Waals surface area contributed by atoms with Gasteiger partial charge in [-0.2, -0.15) is 0 Å². The van der Waals surface area contributed by atoms with Gasteiger partial charge in [0, 0.05) is 38.7 Å². The molecule has 1 aromatic heterocycles. The Labute approximate surface area is 151 Å². The fourth-order valence-electron chi connectivity index (χ4n) is 2.95. The van der Waals surface area contributed by atoms with Crippen LogP contribution in [0.4, 0.5) is 4.79 Å². The summed E-state index contributed by atoms with van der Waals surface area (Å²) in [6, 6.07) is 6.64. The zero-order valence-corrected chi connectivity index (χ0v) is 15.0. The summed E-state index contributed by atoms with van der Waals surface area (Å²) in [7, 11) is 2.95. The van der Waals surface area contributed by atoms with E-state index in [9.17, 15) is 14.4 Å². The van der Waals surface area contributed by atoms with Crippen LogP contribution in [-0.4, -0.2) is 57.3 Å². The lowest BCUT2D eigenvalue weighted by atomic mass is 10.1. The summed E-state index contributed by atoms with van der Waals surface area (Å²) in [5, 5.41) is 2.80. The van der Waals surface area contributed by atoms with E-state index in [1.807, 2.05) is 42.0 Å². The van der Waals surface area contributed by atoms with Crippen molar-refractivity contribution in [1.82, 2.24) is 24.7 Å². The lowest BCUT2D eigenvalue weighted by Crippen LogP contribution is -2.37. The number of benzene rings is 1. The number of aryl methyl sites for hydroxylation is 1. The van der Waals surface area contributed by atoms with Crippen LogP contribution in [0.25, 0.3) is 5.69 Å². The quantitative estimate of drug-likeness (QED) is 0.813. The number of hydrogen-bond acceptors (Lipinski definition) is 4. The molecule has 1 aromatic carbocycles. The molecule has 26 heavy (non-hydrogen) atoms. The van der Waals surface area contributed by atoms with E-state index in [-0.39, 0.29) is 18.2 Å². The molecule has 0 bridgehead atoms. The molecule has 8 heteroatoms. The number of urea groups is 1. The third kappa shape index (κ3) is 3.30. The van der Waals surface area contributed by atoms with Crippen molar-refractivity contribution >= 4 is 17.8 Å². The van der Waals surface area contributed by atoms with Gasteiger partial charge < -0.3 is 14.8 Å². The van der Waals surface area contributed by atoms with Gasteiger partial charge in [0.1, 0.15) is 11.9 Å². The van der Waals surface area contributed by atoms with E-state index in [1.165, 1.54) is 19.0 Å². The van der Waals surface area contributed by atoms with Crippen LogP contribution in [0.15, 0.2) is 36.7 Å². The Bertz CT molecular complexity index is 843. The molecule has 3 rings (SSSR count). The molecule has 136 valence electrons. The number of nitrogens with zero attached hydrogens (tertiary/aromatic N) is 4. The Morgan fingerprint density at radius 2 is 1.88 bits per heavy atom. The average Bonchev–Trinajstić information content (AvgIpc) is 3.14. The molecule has 0 unspecified atom stereocenters. The zero-order chi connectivity index (χ0) is 18.8. The van der Waals surface area contributed by atoms with Crippen molar-refractivity contribution in [2.75, 3.05) is 14.1 Å². The van der Waals surface area contributed by atoms with Crippen LogP contribution < -0.4 is 5.32 Å². The monoisotopic (exact) mass is 355 g/mol. The first-order valence-corrected chi connectivity index (χ1v) is 8.29. The number of likely N-dealkylation sites (N-methyl/N-ethyl adjacent to an activating group) is 2. The zero-order valence-electron chi connectivity index (χ0n) is 15.0. The minimum absolute atomic E-state index is 0.0439. The Morgan fingerprint density at radius 1 is 1.19 bits per heavy atom. The normalized spacial score (nSPS) is 17.1. The highest BCUT2D eigenvalue weighted by Crippen LogP contribution is 2.17. The Hall–Kier alpha value is -3.16. The number of hydrogen-bond donors (Lipinski definition) is 1. The van der Waals surface area contributed by atoms with Crippen LogP contribution in [0.1, 0.15) is 17.8 Å². The molecule has 0 spiro atoms. The molecule has 0 aliphatic carbocycles. The first-order valence-electron chi connectivity index (χ1n) is 8.29. The van der Waals surface area contributed by atoms with E-state index in [0.717, 1.165) is 22.0 Å². The van der Waals surface area contributed by atoms with E-state index in [1.54, 1.807) is 6.20 Å². The summed E-state index contributed by atoms with van der Waals surface area (Å²) in [5.74, 6) is 0.274. The molecule has 1 saturated heterocycles. The smallest absolute Gasteiger partial charge is 0.326 e. The number of imidazole rings is 1. The highest BCUT2D eigenvalue weighted by Gasteiger charge is 2.41. The van der Waals surface area contributed by atoms with Gasteiger partial charge in [-0.05, 0) is 24.6 Å². The van der Waals surface area contributed by atoms with Gasteiger partial charge in [0.2, 0.25) is 5.91 Å². The van der Waals surface area contributed by atoms with Gasteiger partial charge >= 0.3 is 6.03 Å². The van der Waals surface area contributed by atoms with Crippen molar-refractivity contribution in [3.8, 4) is 5.69 Å². The number of imide groups is 1. The second-order valence-corrected chi connectivity index (χ2v) is 6.30. The number of nitrogens with one attached hydrogen (secondary N) is 1. The first-order chi connectivity index (χ1) is 12.4. The van der Waals surface area contributed by atoms with E-state index >= 15 is 0 Å². The third-order valence-corrected chi connectivity index (χ3v) is 4.58. The SMILES string of the molecule is Cc1nccn1-c1ccc(CNC(=O)C[C@H]2C(=O)N(C)C(=O)N2C)cc1. The highest BCUT2D eigenvalue weighted by atomic mass is 16.2. The highest BCUT2D eigenvalue weighted by molar-refractivity contribution is 6.05. The predicted molar refractivity (Wildman–Crippen MR) is 94.5 cm³/mol. The van der Waals surface area contributed by atoms with Crippen molar-refractivity contribution in [2.24, 2.45) is 0 Å². The molecule has 2 heterocycles. The minimum atomic E-state index is -0.737. The van der Waals surface area contributed by atoms with Crippen LogP contribution in [0, 0.1) is 6.92 Å². The van der Waals surface area contributed by atoms with Crippen LogP contribution in [0.5, 0.6) is 0 Å². The first kappa shape index (κ1) is 17.7. The summed E-state index contributed by atoms with van der Waals surface area (Å²) < 4.78 is 1.97. The molecular formula is C18H21N5O3. The Balaban J connectivity index is 1.56. The van der Waals surface area contributed by atoms with Crippen LogP contribution in [0.3, 0.4) is 0 Å². The van der Waals surface area contributed by atoms with Crippen molar-refractivity contribution in [1.29, 1.82) is 0 Å². The minimum Gasteiger partial charge on any atom is -0.352 e. The fraction of sp³-hybridized carbons (Fsp3) is 0.333. The van der Waals surface area contributed by atoms with Crippen molar-refractivity contribution in [3.05, 3.63) is 48.0 Å². The molecule has 0 radical (unpaired) electrons. The fourth-order valence-corrected chi connectivity index (χ4v) is 2.95. The van der Waals surface area contributed by atoms with Gasteiger partial charge in [-0.1, -0.05) is 12.1 Å². The van der Waals surface area contributed by atoms with Crippen LogP contribution in [0.2, 0.25) is 0 Å². The topological polar surface area (TPSA) is 87.5 Å². The maximum Gasteiger partial charge on any atom is 0.326 e. The lowest BCUT2D eigenvalue weighted by Gasteiger charge is -2.15. The second-order valence-electron chi connectivity index (χ2n) is 6.30. The number of amides is 4. The van der Waals surface area contributed by atoms with E-state index in [4.69, 9.17) is 0 Å². The number of aromatic nitrogens is 2. The van der Waals surface area contributed by atoms with Crippen LogP contribution in [-0.2, 0) is 16.1 Å². The molecule has 1 atom stereocenters. The van der Waals surface area contributed by atoms with E-state index < -0.39 is 12.1 Å². The Kier molecular flexibility index (Phi) is 4.75.